The molecule has 0 amide bonds. The molecule has 18 heavy (non-hydrogen) atoms. The maximum absolute atomic E-state index is 11.1. The quantitative estimate of drug-likeness (QED) is 0.783. The normalized spacial score (nSPS) is 12.1. The lowest BCUT2D eigenvalue weighted by Gasteiger charge is -2.14. The Morgan fingerprint density at radius 1 is 1.39 bits per heavy atom. The number of phenols is 1. The molecule has 0 bridgehead atoms. The first-order valence-electron chi connectivity index (χ1n) is 6.26. The predicted molar refractivity (Wildman–Crippen MR) is 69.0 cm³/mol. The second-order valence-corrected chi connectivity index (χ2v) is 4.22. The van der Waals surface area contributed by atoms with E-state index in [1.165, 1.54) is 0 Å². The van der Waals surface area contributed by atoms with Crippen LogP contribution in [0.15, 0.2) is 18.2 Å². The lowest BCUT2D eigenvalue weighted by molar-refractivity contribution is -0.141. The number of aliphatic carboxylic acids is 1. The minimum absolute atomic E-state index is 0.0571. The summed E-state index contributed by atoms with van der Waals surface area (Å²) in [6.07, 6.45) is 1.74. The second-order valence-electron chi connectivity index (χ2n) is 4.22. The van der Waals surface area contributed by atoms with Gasteiger partial charge in [-0.25, -0.2) is 0 Å². The van der Waals surface area contributed by atoms with E-state index in [1.807, 2.05) is 13.8 Å². The van der Waals surface area contributed by atoms with Gasteiger partial charge in [-0.15, -0.1) is 0 Å². The Hall–Kier alpha value is -1.71. The topological polar surface area (TPSA) is 66.8 Å². The zero-order valence-electron chi connectivity index (χ0n) is 10.8. The van der Waals surface area contributed by atoms with E-state index in [1.54, 1.807) is 18.2 Å². The lowest BCUT2D eigenvalue weighted by Crippen LogP contribution is -2.16. The monoisotopic (exact) mass is 252 g/mol. The van der Waals surface area contributed by atoms with E-state index < -0.39 is 11.9 Å². The highest BCUT2D eigenvalue weighted by Crippen LogP contribution is 2.32. The predicted octanol–water partition coefficient (Wildman–Crippen LogP) is 2.83. The van der Waals surface area contributed by atoms with Gasteiger partial charge in [-0.1, -0.05) is 25.5 Å². The SMILES string of the molecule is CCCC(Cc1cccc(OCC)c1O)C(=O)O. The van der Waals surface area contributed by atoms with Gasteiger partial charge in [0.15, 0.2) is 11.5 Å². The molecular formula is C14H20O4. The Bertz CT molecular complexity index is 401. The summed E-state index contributed by atoms with van der Waals surface area (Å²) in [5, 5.41) is 19.1. The van der Waals surface area contributed by atoms with Gasteiger partial charge >= 0.3 is 5.97 Å². The number of benzene rings is 1. The summed E-state index contributed by atoms with van der Waals surface area (Å²) in [6, 6.07) is 5.19. The molecule has 0 aliphatic heterocycles. The van der Waals surface area contributed by atoms with Crippen molar-refractivity contribution in [1.29, 1.82) is 0 Å². The molecule has 0 spiro atoms. The first kappa shape index (κ1) is 14.4. The molecule has 0 saturated carbocycles. The van der Waals surface area contributed by atoms with Crippen molar-refractivity contribution in [2.24, 2.45) is 5.92 Å². The smallest absolute Gasteiger partial charge is 0.306 e. The minimum atomic E-state index is -0.821. The molecule has 1 unspecified atom stereocenters. The number of carboxylic acids is 1. The summed E-state index contributed by atoms with van der Waals surface area (Å²) in [7, 11) is 0. The maximum atomic E-state index is 11.1. The van der Waals surface area contributed by atoms with Gasteiger partial charge in [-0.05, 0) is 31.4 Å². The second kappa shape index (κ2) is 6.89. The van der Waals surface area contributed by atoms with Crippen LogP contribution in [0.2, 0.25) is 0 Å². The number of phenolic OH excluding ortho intramolecular Hbond substituents is 1. The third-order valence-corrected chi connectivity index (χ3v) is 2.84. The molecule has 1 aromatic carbocycles. The molecular weight excluding hydrogens is 232 g/mol. The number of aromatic hydroxyl groups is 1. The summed E-state index contributed by atoms with van der Waals surface area (Å²) >= 11 is 0. The standard InChI is InChI=1S/C14H20O4/c1-3-6-11(14(16)17)9-10-7-5-8-12(13(10)15)18-4-2/h5,7-8,11,15H,3-4,6,9H2,1-2H3,(H,16,17). The highest BCUT2D eigenvalue weighted by molar-refractivity contribution is 5.70. The van der Waals surface area contributed by atoms with Crippen molar-refractivity contribution in [2.45, 2.75) is 33.1 Å². The molecule has 0 heterocycles. The van der Waals surface area contributed by atoms with E-state index in [-0.39, 0.29) is 5.75 Å². The van der Waals surface area contributed by atoms with E-state index in [9.17, 15) is 9.90 Å². The van der Waals surface area contributed by atoms with Crippen LogP contribution in [0.25, 0.3) is 0 Å². The molecule has 1 atom stereocenters. The van der Waals surface area contributed by atoms with Crippen LogP contribution in [0.3, 0.4) is 0 Å². The van der Waals surface area contributed by atoms with Gasteiger partial charge < -0.3 is 14.9 Å². The number of carboxylic acid groups (broad SMARTS) is 1. The number of para-hydroxylation sites is 1. The van der Waals surface area contributed by atoms with Crippen LogP contribution in [0, 0.1) is 5.92 Å². The van der Waals surface area contributed by atoms with Crippen molar-refractivity contribution in [3.8, 4) is 11.5 Å². The molecule has 0 fully saturated rings. The van der Waals surface area contributed by atoms with Crippen LogP contribution in [0.5, 0.6) is 11.5 Å². The zero-order valence-corrected chi connectivity index (χ0v) is 10.8. The Labute approximate surface area is 107 Å². The number of ether oxygens (including phenoxy) is 1. The molecule has 100 valence electrons. The van der Waals surface area contributed by atoms with Crippen LogP contribution < -0.4 is 4.74 Å². The van der Waals surface area contributed by atoms with E-state index in [2.05, 4.69) is 0 Å². The van der Waals surface area contributed by atoms with E-state index in [4.69, 9.17) is 9.84 Å². The average Bonchev–Trinajstić information content (AvgIpc) is 2.33. The molecule has 0 radical (unpaired) electrons. The van der Waals surface area contributed by atoms with Crippen molar-refractivity contribution < 1.29 is 19.7 Å². The van der Waals surface area contributed by atoms with Crippen LogP contribution in [-0.4, -0.2) is 22.8 Å². The van der Waals surface area contributed by atoms with Crippen molar-refractivity contribution >= 4 is 5.97 Å². The van der Waals surface area contributed by atoms with Crippen LogP contribution in [-0.2, 0) is 11.2 Å². The van der Waals surface area contributed by atoms with Gasteiger partial charge in [0.1, 0.15) is 0 Å². The molecule has 4 nitrogen and oxygen atoms in total. The molecule has 1 rings (SSSR count). The van der Waals surface area contributed by atoms with E-state index in [0.29, 0.717) is 30.8 Å². The van der Waals surface area contributed by atoms with Crippen molar-refractivity contribution in [1.82, 2.24) is 0 Å². The third-order valence-electron chi connectivity index (χ3n) is 2.84. The molecule has 0 aromatic heterocycles. The lowest BCUT2D eigenvalue weighted by atomic mass is 9.94. The number of hydrogen-bond acceptors (Lipinski definition) is 3. The van der Waals surface area contributed by atoms with Crippen molar-refractivity contribution in [3.05, 3.63) is 23.8 Å². The van der Waals surface area contributed by atoms with Gasteiger partial charge in [0.2, 0.25) is 0 Å². The van der Waals surface area contributed by atoms with Gasteiger partial charge in [0.25, 0.3) is 0 Å². The van der Waals surface area contributed by atoms with Gasteiger partial charge in [0.05, 0.1) is 12.5 Å². The Kier molecular flexibility index (Phi) is 5.49. The summed E-state index contributed by atoms with van der Waals surface area (Å²) in [4.78, 5) is 11.1. The Morgan fingerprint density at radius 2 is 2.11 bits per heavy atom. The fourth-order valence-corrected chi connectivity index (χ4v) is 1.93. The van der Waals surface area contributed by atoms with Crippen LogP contribution in [0.4, 0.5) is 0 Å². The fraction of sp³-hybridized carbons (Fsp3) is 0.500. The molecule has 4 heteroatoms. The summed E-state index contributed by atoms with van der Waals surface area (Å²) in [5.41, 5.74) is 0.627. The Morgan fingerprint density at radius 3 is 2.67 bits per heavy atom. The molecule has 2 N–H and O–H groups in total. The summed E-state index contributed by atoms with van der Waals surface area (Å²) in [5.74, 6) is -0.812. The minimum Gasteiger partial charge on any atom is -0.504 e. The largest absolute Gasteiger partial charge is 0.504 e. The first-order chi connectivity index (χ1) is 8.60. The van der Waals surface area contributed by atoms with E-state index in [0.717, 1.165) is 6.42 Å². The summed E-state index contributed by atoms with van der Waals surface area (Å²) < 4.78 is 5.28. The molecule has 0 saturated heterocycles. The molecule has 0 aliphatic carbocycles. The zero-order chi connectivity index (χ0) is 13.5. The van der Waals surface area contributed by atoms with Crippen LogP contribution >= 0.6 is 0 Å². The van der Waals surface area contributed by atoms with Crippen molar-refractivity contribution in [2.75, 3.05) is 6.61 Å². The molecule has 1 aromatic rings. The van der Waals surface area contributed by atoms with Gasteiger partial charge in [0, 0.05) is 0 Å². The first-order valence-corrected chi connectivity index (χ1v) is 6.26. The third kappa shape index (κ3) is 3.65. The van der Waals surface area contributed by atoms with E-state index >= 15 is 0 Å². The number of carbonyl (C=O) groups is 1. The molecule has 0 aliphatic rings. The fourth-order valence-electron chi connectivity index (χ4n) is 1.93. The summed E-state index contributed by atoms with van der Waals surface area (Å²) in [6.45, 7) is 4.25. The van der Waals surface area contributed by atoms with Gasteiger partial charge in [-0.3, -0.25) is 4.79 Å². The number of hydrogen-bond donors (Lipinski definition) is 2. The highest BCUT2D eigenvalue weighted by atomic mass is 16.5. The number of rotatable bonds is 7. The maximum Gasteiger partial charge on any atom is 0.306 e. The van der Waals surface area contributed by atoms with Crippen LogP contribution in [0.1, 0.15) is 32.3 Å². The van der Waals surface area contributed by atoms with Crippen molar-refractivity contribution in [3.63, 3.8) is 0 Å². The van der Waals surface area contributed by atoms with Gasteiger partial charge in [-0.2, -0.15) is 0 Å². The Balaban J connectivity index is 2.88. The highest BCUT2D eigenvalue weighted by Gasteiger charge is 2.19. The average molecular weight is 252 g/mol.